The molecule has 1 fully saturated rings. The van der Waals surface area contributed by atoms with E-state index in [0.29, 0.717) is 0 Å². The predicted molar refractivity (Wildman–Crippen MR) is 68.1 cm³/mol. The molecule has 0 bridgehead atoms. The van der Waals surface area contributed by atoms with E-state index < -0.39 is 0 Å². The number of hydrogen-bond acceptors (Lipinski definition) is 1. The maximum Gasteiger partial charge on any atom is 0.0861 e. The van der Waals surface area contributed by atoms with Crippen LogP contribution < -0.4 is 5.73 Å². The highest BCUT2D eigenvalue weighted by Gasteiger charge is 2.15. The van der Waals surface area contributed by atoms with Crippen LogP contribution in [0.3, 0.4) is 0 Å². The summed E-state index contributed by atoms with van der Waals surface area (Å²) in [5.74, 6) is 0.791. The van der Waals surface area contributed by atoms with E-state index in [2.05, 4.69) is 40.2 Å². The molecule has 2 N–H and O–H groups in total. The Morgan fingerprint density at radius 1 is 1.07 bits per heavy atom. The smallest absolute Gasteiger partial charge is 0.0861 e. The van der Waals surface area contributed by atoms with Gasteiger partial charge in [-0.1, -0.05) is 59.5 Å². The van der Waals surface area contributed by atoms with Gasteiger partial charge in [-0.3, -0.25) is 0 Å². The number of benzene rings is 1. The van der Waals surface area contributed by atoms with Crippen LogP contribution in [0, 0.1) is 0 Å². The summed E-state index contributed by atoms with van der Waals surface area (Å²) in [5.41, 5.74) is 8.41. The van der Waals surface area contributed by atoms with Gasteiger partial charge in [0.15, 0.2) is 0 Å². The zero-order valence-corrected chi connectivity index (χ0v) is 10.5. The Kier molecular flexibility index (Phi) is 3.81. The molecular weight excluding hydrogens is 250 g/mol. The summed E-state index contributed by atoms with van der Waals surface area (Å²) in [5, 5.41) is 0. The van der Waals surface area contributed by atoms with E-state index in [9.17, 15) is 0 Å². The maximum atomic E-state index is 5.76. The summed E-state index contributed by atoms with van der Waals surface area (Å²) in [7, 11) is 0. The summed E-state index contributed by atoms with van der Waals surface area (Å²) in [4.78, 5) is -0.0297. The third-order valence-electron chi connectivity index (χ3n) is 3.33. The largest absolute Gasteiger partial charge is 0.315 e. The lowest BCUT2D eigenvalue weighted by molar-refractivity contribution is 0.443. The molecular formula is C13H18BrN. The molecule has 2 rings (SSSR count). The molecule has 82 valence electrons. The number of alkyl halides is 1. The molecule has 0 saturated heterocycles. The zero-order valence-electron chi connectivity index (χ0n) is 8.95. The summed E-state index contributed by atoms with van der Waals surface area (Å²) < 4.78 is 0. The lowest BCUT2D eigenvalue weighted by Gasteiger charge is -2.22. The summed E-state index contributed by atoms with van der Waals surface area (Å²) in [6.45, 7) is 0. The molecule has 2 heteroatoms. The van der Waals surface area contributed by atoms with E-state index in [1.807, 2.05) is 0 Å². The molecule has 1 aliphatic rings. The predicted octanol–water partition coefficient (Wildman–Crippen LogP) is 4.09. The van der Waals surface area contributed by atoms with Gasteiger partial charge in [0.2, 0.25) is 0 Å². The summed E-state index contributed by atoms with van der Waals surface area (Å²) >= 11 is 3.38. The number of rotatable bonds is 2. The second-order valence-corrected chi connectivity index (χ2v) is 5.39. The highest BCUT2D eigenvalue weighted by molar-refractivity contribution is 9.09. The second kappa shape index (κ2) is 5.13. The van der Waals surface area contributed by atoms with Gasteiger partial charge in [0.05, 0.1) is 4.95 Å². The van der Waals surface area contributed by atoms with E-state index in [1.165, 1.54) is 37.7 Å². The first-order valence-corrected chi connectivity index (χ1v) is 6.68. The topological polar surface area (TPSA) is 26.0 Å². The Labute approximate surface area is 100 Å². The molecule has 1 aromatic carbocycles. The fourth-order valence-corrected chi connectivity index (χ4v) is 2.69. The van der Waals surface area contributed by atoms with E-state index in [-0.39, 0.29) is 4.95 Å². The van der Waals surface area contributed by atoms with Crippen molar-refractivity contribution in [2.75, 3.05) is 0 Å². The first-order chi connectivity index (χ1) is 7.27. The van der Waals surface area contributed by atoms with Crippen LogP contribution in [0.5, 0.6) is 0 Å². The van der Waals surface area contributed by atoms with Gasteiger partial charge in [0, 0.05) is 0 Å². The van der Waals surface area contributed by atoms with Gasteiger partial charge < -0.3 is 5.73 Å². The minimum Gasteiger partial charge on any atom is -0.315 e. The fraction of sp³-hybridized carbons (Fsp3) is 0.538. The average Bonchev–Trinajstić information content (AvgIpc) is 2.30. The Morgan fingerprint density at radius 3 is 2.20 bits per heavy atom. The maximum absolute atomic E-state index is 5.76. The molecule has 0 heterocycles. The van der Waals surface area contributed by atoms with E-state index >= 15 is 0 Å². The molecule has 1 aliphatic carbocycles. The summed E-state index contributed by atoms with van der Waals surface area (Å²) in [6, 6.07) is 8.77. The third-order valence-corrected chi connectivity index (χ3v) is 3.86. The minimum atomic E-state index is -0.0297. The lowest BCUT2D eigenvalue weighted by Crippen LogP contribution is -2.05. The SMILES string of the molecule is NC(Br)c1ccc(C2CCCCC2)cc1. The van der Waals surface area contributed by atoms with E-state index in [1.54, 1.807) is 0 Å². The molecule has 15 heavy (non-hydrogen) atoms. The first kappa shape index (κ1) is 11.2. The lowest BCUT2D eigenvalue weighted by atomic mass is 9.84. The molecule has 0 aliphatic heterocycles. The average molecular weight is 268 g/mol. The van der Waals surface area contributed by atoms with E-state index in [0.717, 1.165) is 11.5 Å². The molecule has 0 aromatic heterocycles. The van der Waals surface area contributed by atoms with Gasteiger partial charge >= 0.3 is 0 Å². The van der Waals surface area contributed by atoms with Crippen molar-refractivity contribution in [2.45, 2.75) is 43.0 Å². The van der Waals surface area contributed by atoms with Gasteiger partial charge in [-0.2, -0.15) is 0 Å². The van der Waals surface area contributed by atoms with Crippen LogP contribution in [0.2, 0.25) is 0 Å². The molecule has 1 unspecified atom stereocenters. The highest BCUT2D eigenvalue weighted by Crippen LogP contribution is 2.33. The van der Waals surface area contributed by atoms with Crippen LogP contribution in [0.25, 0.3) is 0 Å². The quantitative estimate of drug-likeness (QED) is 0.634. The number of nitrogens with two attached hydrogens (primary N) is 1. The van der Waals surface area contributed by atoms with Crippen LogP contribution >= 0.6 is 15.9 Å². The monoisotopic (exact) mass is 267 g/mol. The van der Waals surface area contributed by atoms with Crippen LogP contribution in [0.15, 0.2) is 24.3 Å². The fourth-order valence-electron chi connectivity index (χ4n) is 2.39. The van der Waals surface area contributed by atoms with Crippen LogP contribution in [0.4, 0.5) is 0 Å². The molecule has 1 nitrogen and oxygen atoms in total. The minimum absolute atomic E-state index is 0.0297. The standard InChI is InChI=1S/C13H18BrN/c14-13(15)12-8-6-11(7-9-12)10-4-2-1-3-5-10/h6-10,13H,1-5,15H2. The van der Waals surface area contributed by atoms with Crippen molar-refractivity contribution in [3.05, 3.63) is 35.4 Å². The van der Waals surface area contributed by atoms with Crippen LogP contribution in [-0.2, 0) is 0 Å². The zero-order chi connectivity index (χ0) is 10.7. The number of halogens is 1. The Morgan fingerprint density at radius 2 is 1.67 bits per heavy atom. The van der Waals surface area contributed by atoms with Gasteiger partial charge in [0.25, 0.3) is 0 Å². The van der Waals surface area contributed by atoms with Gasteiger partial charge in [-0.25, -0.2) is 0 Å². The van der Waals surface area contributed by atoms with Gasteiger partial charge in [0.1, 0.15) is 0 Å². The first-order valence-electron chi connectivity index (χ1n) is 5.77. The normalized spacial score (nSPS) is 20.1. The molecule has 0 amide bonds. The molecule has 1 saturated carbocycles. The Hall–Kier alpha value is -0.340. The molecule has 0 radical (unpaired) electrons. The van der Waals surface area contributed by atoms with E-state index in [4.69, 9.17) is 5.73 Å². The molecule has 0 spiro atoms. The van der Waals surface area contributed by atoms with Gasteiger partial charge in [-0.05, 0) is 29.9 Å². The van der Waals surface area contributed by atoms with Crippen molar-refractivity contribution in [3.8, 4) is 0 Å². The Balaban J connectivity index is 2.08. The van der Waals surface area contributed by atoms with Crippen molar-refractivity contribution < 1.29 is 0 Å². The van der Waals surface area contributed by atoms with Crippen LogP contribution in [-0.4, -0.2) is 0 Å². The second-order valence-electron chi connectivity index (χ2n) is 4.40. The van der Waals surface area contributed by atoms with Crippen molar-refractivity contribution in [2.24, 2.45) is 5.73 Å². The molecule has 1 aromatic rings. The summed E-state index contributed by atoms with van der Waals surface area (Å²) in [6.07, 6.45) is 6.93. The number of hydrogen-bond donors (Lipinski definition) is 1. The van der Waals surface area contributed by atoms with Crippen molar-refractivity contribution in [1.29, 1.82) is 0 Å². The van der Waals surface area contributed by atoms with Crippen LogP contribution in [0.1, 0.15) is 54.1 Å². The molecule has 1 atom stereocenters. The Bertz CT molecular complexity index is 299. The van der Waals surface area contributed by atoms with Crippen molar-refractivity contribution in [1.82, 2.24) is 0 Å². The van der Waals surface area contributed by atoms with Crippen molar-refractivity contribution >= 4 is 15.9 Å². The third kappa shape index (κ3) is 2.82. The van der Waals surface area contributed by atoms with Gasteiger partial charge in [-0.15, -0.1) is 0 Å². The van der Waals surface area contributed by atoms with Crippen molar-refractivity contribution in [3.63, 3.8) is 0 Å². The highest BCUT2D eigenvalue weighted by atomic mass is 79.9.